The Morgan fingerprint density at radius 1 is 1.46 bits per heavy atom. The number of ether oxygens (including phenoxy) is 3. The van der Waals surface area contributed by atoms with Crippen molar-refractivity contribution in [1.82, 2.24) is 0 Å². The summed E-state index contributed by atoms with van der Waals surface area (Å²) in [4.78, 5) is 0. The molecule has 3 heteroatoms. The Hall–Kier alpha value is -0.380. The first-order valence-corrected chi connectivity index (χ1v) is 4.69. The van der Waals surface area contributed by atoms with Gasteiger partial charge in [0, 0.05) is 0 Å². The van der Waals surface area contributed by atoms with Crippen LogP contribution in [0, 0.1) is 0 Å². The summed E-state index contributed by atoms with van der Waals surface area (Å²) in [6, 6.07) is 0. The predicted molar refractivity (Wildman–Crippen MR) is 48.4 cm³/mol. The second-order valence-electron chi connectivity index (χ2n) is 4.07. The van der Waals surface area contributed by atoms with E-state index in [1.165, 1.54) is 0 Å². The van der Waals surface area contributed by atoms with Crippen molar-refractivity contribution < 1.29 is 14.2 Å². The molecule has 2 heterocycles. The maximum absolute atomic E-state index is 5.70. The fraction of sp³-hybridized carbons (Fsp3) is 0.800. The van der Waals surface area contributed by atoms with Gasteiger partial charge in [-0.25, -0.2) is 0 Å². The molecule has 0 aliphatic carbocycles. The summed E-state index contributed by atoms with van der Waals surface area (Å²) in [6.07, 6.45) is 1.03. The smallest absolute Gasteiger partial charge is 0.163 e. The molecule has 2 fully saturated rings. The number of hydrogen-bond acceptors (Lipinski definition) is 3. The predicted octanol–water partition coefficient (Wildman–Crippen LogP) is 1.48. The third-order valence-corrected chi connectivity index (χ3v) is 2.49. The lowest BCUT2D eigenvalue weighted by molar-refractivity contribution is -0.149. The van der Waals surface area contributed by atoms with Crippen LogP contribution in [-0.2, 0) is 14.2 Å². The summed E-state index contributed by atoms with van der Waals surface area (Å²) in [5.41, 5.74) is 1.13. The fourth-order valence-corrected chi connectivity index (χ4v) is 1.81. The van der Waals surface area contributed by atoms with Crippen molar-refractivity contribution in [3.63, 3.8) is 0 Å². The Kier molecular flexibility index (Phi) is 2.18. The molecule has 2 atom stereocenters. The summed E-state index contributed by atoms with van der Waals surface area (Å²) in [5, 5.41) is 0. The van der Waals surface area contributed by atoms with Crippen LogP contribution < -0.4 is 0 Å². The van der Waals surface area contributed by atoms with Gasteiger partial charge in [-0.15, -0.1) is 0 Å². The van der Waals surface area contributed by atoms with Gasteiger partial charge in [-0.05, 0) is 25.8 Å². The summed E-state index contributed by atoms with van der Waals surface area (Å²) in [6.45, 7) is 9.19. The number of hydrogen-bond donors (Lipinski definition) is 0. The normalized spacial score (nSPS) is 38.5. The lowest BCUT2D eigenvalue weighted by atomic mass is 10.1. The highest BCUT2D eigenvalue weighted by molar-refractivity contribution is 5.10. The topological polar surface area (TPSA) is 27.7 Å². The van der Waals surface area contributed by atoms with E-state index in [2.05, 4.69) is 6.58 Å². The molecule has 0 radical (unpaired) electrons. The molecule has 2 aliphatic heterocycles. The monoisotopic (exact) mass is 184 g/mol. The minimum Gasteiger partial charge on any atom is -0.371 e. The molecule has 2 aliphatic rings. The first-order chi connectivity index (χ1) is 6.08. The van der Waals surface area contributed by atoms with Crippen molar-refractivity contribution in [2.45, 2.75) is 38.3 Å². The quantitative estimate of drug-likeness (QED) is 0.578. The van der Waals surface area contributed by atoms with E-state index in [1.54, 1.807) is 0 Å². The summed E-state index contributed by atoms with van der Waals surface area (Å²) >= 11 is 0. The minimum atomic E-state index is -0.461. The Labute approximate surface area is 78.7 Å². The molecular formula is C10H16O3. The standard InChI is InChI=1S/C10H16O3/c1-7-4-5-11-9(7)8-6-12-10(2,3)13-8/h8-9H,1,4-6H2,2-3H3/t8-,9?/m0/s1. The van der Waals surface area contributed by atoms with Crippen molar-refractivity contribution >= 4 is 0 Å². The molecular weight excluding hydrogens is 168 g/mol. The molecule has 74 valence electrons. The molecule has 2 rings (SSSR count). The van der Waals surface area contributed by atoms with Crippen LogP contribution in [0.15, 0.2) is 12.2 Å². The molecule has 0 amide bonds. The van der Waals surface area contributed by atoms with Gasteiger partial charge in [-0.2, -0.15) is 0 Å². The second-order valence-corrected chi connectivity index (χ2v) is 4.07. The maximum atomic E-state index is 5.70. The molecule has 0 bridgehead atoms. The van der Waals surface area contributed by atoms with Gasteiger partial charge in [0.05, 0.1) is 13.2 Å². The van der Waals surface area contributed by atoms with Gasteiger partial charge in [0.1, 0.15) is 12.2 Å². The third-order valence-electron chi connectivity index (χ3n) is 2.49. The zero-order chi connectivity index (χ0) is 9.47. The first-order valence-electron chi connectivity index (χ1n) is 4.69. The van der Waals surface area contributed by atoms with Gasteiger partial charge < -0.3 is 14.2 Å². The van der Waals surface area contributed by atoms with E-state index < -0.39 is 5.79 Å². The van der Waals surface area contributed by atoms with E-state index >= 15 is 0 Å². The molecule has 0 aromatic carbocycles. The van der Waals surface area contributed by atoms with E-state index in [-0.39, 0.29) is 12.2 Å². The van der Waals surface area contributed by atoms with Crippen LogP contribution in [0.3, 0.4) is 0 Å². The van der Waals surface area contributed by atoms with E-state index in [1.807, 2.05) is 13.8 Å². The molecule has 0 aromatic heterocycles. The molecule has 3 nitrogen and oxygen atoms in total. The van der Waals surface area contributed by atoms with E-state index in [0.717, 1.165) is 18.6 Å². The molecule has 0 aromatic rings. The van der Waals surface area contributed by atoms with Crippen LogP contribution in [-0.4, -0.2) is 31.2 Å². The first kappa shape index (κ1) is 9.19. The van der Waals surface area contributed by atoms with Crippen molar-refractivity contribution in [1.29, 1.82) is 0 Å². The van der Waals surface area contributed by atoms with Crippen molar-refractivity contribution in [2.24, 2.45) is 0 Å². The van der Waals surface area contributed by atoms with Gasteiger partial charge >= 0.3 is 0 Å². The van der Waals surface area contributed by atoms with Gasteiger partial charge in [0.15, 0.2) is 5.79 Å². The Morgan fingerprint density at radius 3 is 2.69 bits per heavy atom. The van der Waals surface area contributed by atoms with Gasteiger partial charge in [-0.1, -0.05) is 6.58 Å². The van der Waals surface area contributed by atoms with Crippen molar-refractivity contribution in [2.75, 3.05) is 13.2 Å². The zero-order valence-electron chi connectivity index (χ0n) is 8.21. The molecule has 2 saturated heterocycles. The summed E-state index contributed by atoms with van der Waals surface area (Å²) in [7, 11) is 0. The lowest BCUT2D eigenvalue weighted by Gasteiger charge is -2.20. The van der Waals surface area contributed by atoms with Crippen molar-refractivity contribution in [3.05, 3.63) is 12.2 Å². The van der Waals surface area contributed by atoms with Crippen molar-refractivity contribution in [3.8, 4) is 0 Å². The molecule has 0 saturated carbocycles. The average molecular weight is 184 g/mol. The highest BCUT2D eigenvalue weighted by atomic mass is 16.7. The minimum absolute atomic E-state index is 0.0324. The Morgan fingerprint density at radius 2 is 2.23 bits per heavy atom. The zero-order valence-corrected chi connectivity index (χ0v) is 8.21. The Balaban J connectivity index is 1.99. The highest BCUT2D eigenvalue weighted by Gasteiger charge is 2.40. The van der Waals surface area contributed by atoms with Gasteiger partial charge in [0.25, 0.3) is 0 Å². The second kappa shape index (κ2) is 3.08. The molecule has 13 heavy (non-hydrogen) atoms. The molecule has 0 spiro atoms. The Bertz CT molecular complexity index is 222. The largest absolute Gasteiger partial charge is 0.371 e. The third kappa shape index (κ3) is 1.77. The maximum Gasteiger partial charge on any atom is 0.163 e. The number of rotatable bonds is 1. The van der Waals surface area contributed by atoms with E-state index in [4.69, 9.17) is 14.2 Å². The lowest BCUT2D eigenvalue weighted by Crippen LogP contribution is -2.31. The summed E-state index contributed by atoms with van der Waals surface area (Å²) < 4.78 is 16.7. The van der Waals surface area contributed by atoms with Crippen LogP contribution in [0.5, 0.6) is 0 Å². The van der Waals surface area contributed by atoms with E-state index in [9.17, 15) is 0 Å². The van der Waals surface area contributed by atoms with Gasteiger partial charge in [0.2, 0.25) is 0 Å². The van der Waals surface area contributed by atoms with Gasteiger partial charge in [-0.3, -0.25) is 0 Å². The van der Waals surface area contributed by atoms with E-state index in [0.29, 0.717) is 6.61 Å². The average Bonchev–Trinajstić information content (AvgIpc) is 2.56. The SMILES string of the molecule is C=C1CCOC1[C@@H]1COC(C)(C)O1. The fourth-order valence-electron chi connectivity index (χ4n) is 1.81. The van der Waals surface area contributed by atoms with Crippen LogP contribution >= 0.6 is 0 Å². The highest BCUT2D eigenvalue weighted by Crippen LogP contribution is 2.31. The van der Waals surface area contributed by atoms with Crippen LogP contribution in [0.25, 0.3) is 0 Å². The molecule has 0 N–H and O–H groups in total. The van der Waals surface area contributed by atoms with Crippen LogP contribution in [0.2, 0.25) is 0 Å². The molecule has 1 unspecified atom stereocenters. The van der Waals surface area contributed by atoms with Crippen LogP contribution in [0.1, 0.15) is 20.3 Å². The summed E-state index contributed by atoms with van der Waals surface area (Å²) in [5.74, 6) is -0.461. The van der Waals surface area contributed by atoms with Crippen LogP contribution in [0.4, 0.5) is 0 Å².